The van der Waals surface area contributed by atoms with Gasteiger partial charge in [-0.05, 0) is 66.3 Å². The van der Waals surface area contributed by atoms with Crippen LogP contribution in [-0.4, -0.2) is 16.9 Å². The maximum atomic E-state index is 13.1. The molecule has 3 aromatic rings. The van der Waals surface area contributed by atoms with Crippen molar-refractivity contribution >= 4 is 11.8 Å². The number of fused-ring (bicyclic) bond motifs is 2. The van der Waals surface area contributed by atoms with Crippen LogP contribution in [0.25, 0.3) is 0 Å². The Morgan fingerprint density at radius 3 is 2.22 bits per heavy atom. The first-order valence-electron chi connectivity index (χ1n) is 11.2. The van der Waals surface area contributed by atoms with Gasteiger partial charge in [0.05, 0.1) is 23.1 Å². The van der Waals surface area contributed by atoms with Crippen LogP contribution < -0.4 is 4.74 Å². The molecule has 37 heavy (non-hydrogen) atoms. The number of carbonyl (C=O) groups is 2. The Balaban J connectivity index is 1.61. The highest BCUT2D eigenvalue weighted by Gasteiger charge is 2.33. The van der Waals surface area contributed by atoms with E-state index in [9.17, 15) is 41.0 Å². The number of carboxylic acids is 1. The molecule has 0 radical (unpaired) electrons. The average molecular weight is 522 g/mol. The van der Waals surface area contributed by atoms with Gasteiger partial charge in [0.1, 0.15) is 12.4 Å². The van der Waals surface area contributed by atoms with Crippen molar-refractivity contribution in [3.8, 4) is 5.75 Å². The van der Waals surface area contributed by atoms with E-state index < -0.39 is 41.7 Å². The molecule has 0 aromatic heterocycles. The first-order chi connectivity index (χ1) is 17.3. The lowest BCUT2D eigenvalue weighted by atomic mass is 9.91. The maximum absolute atomic E-state index is 13.1. The molecule has 0 atom stereocenters. The minimum atomic E-state index is -4.60. The topological polar surface area (TPSA) is 63.6 Å². The van der Waals surface area contributed by atoms with Crippen molar-refractivity contribution in [1.29, 1.82) is 0 Å². The summed E-state index contributed by atoms with van der Waals surface area (Å²) in [6.45, 7) is -0.292. The monoisotopic (exact) mass is 522 g/mol. The second-order valence-corrected chi connectivity index (χ2v) is 8.73. The van der Waals surface area contributed by atoms with E-state index in [1.54, 1.807) is 6.07 Å². The lowest BCUT2D eigenvalue weighted by Crippen LogP contribution is -2.10. The van der Waals surface area contributed by atoms with Gasteiger partial charge in [0.2, 0.25) is 0 Å². The van der Waals surface area contributed by atoms with Gasteiger partial charge < -0.3 is 9.84 Å². The zero-order valence-corrected chi connectivity index (χ0v) is 19.2. The summed E-state index contributed by atoms with van der Waals surface area (Å²) < 4.78 is 84.0. The molecule has 1 heterocycles. The van der Waals surface area contributed by atoms with E-state index >= 15 is 0 Å². The van der Waals surface area contributed by atoms with E-state index in [0.29, 0.717) is 29.5 Å². The number of carbonyl (C=O) groups excluding carboxylic acids is 1. The smallest absolute Gasteiger partial charge is 0.416 e. The summed E-state index contributed by atoms with van der Waals surface area (Å²) >= 11 is 0. The molecule has 4 nitrogen and oxygen atoms in total. The fraction of sp³-hybridized carbons (Fsp3) is 0.259. The Morgan fingerprint density at radius 2 is 1.54 bits per heavy atom. The summed E-state index contributed by atoms with van der Waals surface area (Å²) in [4.78, 5) is 24.6. The van der Waals surface area contributed by atoms with Gasteiger partial charge in [-0.15, -0.1) is 0 Å². The third-order valence-corrected chi connectivity index (χ3v) is 6.11. The van der Waals surface area contributed by atoms with E-state index in [1.165, 1.54) is 18.2 Å². The lowest BCUT2D eigenvalue weighted by molar-refractivity contribution is -0.138. The van der Waals surface area contributed by atoms with Crippen molar-refractivity contribution in [1.82, 2.24) is 0 Å². The van der Waals surface area contributed by atoms with Crippen molar-refractivity contribution in [3.63, 3.8) is 0 Å². The highest BCUT2D eigenvalue weighted by Crippen LogP contribution is 2.36. The maximum Gasteiger partial charge on any atom is 0.416 e. The third kappa shape index (κ3) is 5.95. The Bertz CT molecular complexity index is 1360. The van der Waals surface area contributed by atoms with E-state index in [2.05, 4.69) is 0 Å². The predicted octanol–water partition coefficient (Wildman–Crippen LogP) is 6.65. The summed E-state index contributed by atoms with van der Waals surface area (Å²) in [5, 5.41) is 9.36. The molecule has 0 fully saturated rings. The first kappa shape index (κ1) is 26.2. The molecule has 4 rings (SSSR count). The fourth-order valence-electron chi connectivity index (χ4n) is 4.32. The van der Waals surface area contributed by atoms with Crippen LogP contribution in [0.1, 0.15) is 55.7 Å². The Morgan fingerprint density at radius 1 is 0.838 bits per heavy atom. The van der Waals surface area contributed by atoms with Crippen molar-refractivity contribution in [2.45, 2.75) is 44.6 Å². The van der Waals surface area contributed by atoms with Crippen LogP contribution in [0.4, 0.5) is 26.3 Å². The van der Waals surface area contributed by atoms with Crippen LogP contribution in [0.15, 0.2) is 54.6 Å². The molecule has 3 aromatic carbocycles. The van der Waals surface area contributed by atoms with E-state index in [1.807, 2.05) is 0 Å². The predicted molar refractivity (Wildman–Crippen MR) is 120 cm³/mol. The number of carboxylic acid groups (broad SMARTS) is 1. The zero-order valence-electron chi connectivity index (χ0n) is 19.2. The van der Waals surface area contributed by atoms with Gasteiger partial charge >= 0.3 is 18.3 Å². The summed E-state index contributed by atoms with van der Waals surface area (Å²) in [6, 6.07) is 10.5. The summed E-state index contributed by atoms with van der Waals surface area (Å²) in [7, 11) is 0. The molecule has 0 amide bonds. The third-order valence-electron chi connectivity index (χ3n) is 6.11. The van der Waals surface area contributed by atoms with Crippen LogP contribution in [-0.2, 0) is 43.0 Å². The van der Waals surface area contributed by atoms with Crippen LogP contribution in [0.3, 0.4) is 0 Å². The van der Waals surface area contributed by atoms with E-state index in [4.69, 9.17) is 4.74 Å². The molecule has 0 bridgehead atoms. The molecule has 1 aliphatic heterocycles. The number of aliphatic carboxylic acids is 1. The first-order valence-corrected chi connectivity index (χ1v) is 11.2. The van der Waals surface area contributed by atoms with Crippen LogP contribution >= 0.6 is 0 Å². The van der Waals surface area contributed by atoms with Crippen molar-refractivity contribution in [3.05, 3.63) is 99.1 Å². The molecule has 0 aliphatic carbocycles. The highest BCUT2D eigenvalue weighted by atomic mass is 19.4. The van der Waals surface area contributed by atoms with Gasteiger partial charge in [-0.25, -0.2) is 0 Å². The number of ether oxygens (including phenoxy) is 1. The van der Waals surface area contributed by atoms with Crippen molar-refractivity contribution in [2.24, 2.45) is 0 Å². The molecule has 10 heteroatoms. The normalized spacial score (nSPS) is 13.4. The van der Waals surface area contributed by atoms with Gasteiger partial charge in [0.25, 0.3) is 0 Å². The van der Waals surface area contributed by atoms with E-state index in [0.717, 1.165) is 30.3 Å². The standard InChI is InChI=1S/C27H20F6O4/c28-26(29,30)19-6-2-4-15(9-19)3-1-5-16-12-23-22(11-17(16)13-24(34)35)25(36)21-8-7-20(27(31,32)33)10-18(21)14-37-23/h2,4,6-12H,1,3,5,13-14H2,(H,34,35). The SMILES string of the molecule is O=C(O)Cc1cc2c(cc1CCCc1cccc(C(F)(F)F)c1)OCc1cc(C(F)(F)F)ccc1C2=O. The molecular formula is C27H20F6O4. The zero-order chi connectivity index (χ0) is 27.0. The summed E-state index contributed by atoms with van der Waals surface area (Å²) in [5.41, 5.74) is -0.238. The number of ketones is 1. The minimum Gasteiger partial charge on any atom is -0.488 e. The lowest BCUT2D eigenvalue weighted by Gasteiger charge is -2.14. The quantitative estimate of drug-likeness (QED) is 0.368. The van der Waals surface area contributed by atoms with E-state index in [-0.39, 0.29) is 35.5 Å². The molecule has 1 aliphatic rings. The number of aryl methyl sites for hydroxylation is 2. The average Bonchev–Trinajstić information content (AvgIpc) is 2.94. The number of hydrogen-bond donors (Lipinski definition) is 1. The van der Waals surface area contributed by atoms with Crippen LogP contribution in [0.5, 0.6) is 5.75 Å². The summed E-state index contributed by atoms with van der Waals surface area (Å²) in [5.74, 6) is -1.63. The Kier molecular flexibility index (Phi) is 7.03. The largest absolute Gasteiger partial charge is 0.488 e. The van der Waals surface area contributed by atoms with Gasteiger partial charge in [0, 0.05) is 11.1 Å². The van der Waals surface area contributed by atoms with Gasteiger partial charge in [-0.1, -0.05) is 24.3 Å². The van der Waals surface area contributed by atoms with Crippen LogP contribution in [0, 0.1) is 0 Å². The van der Waals surface area contributed by atoms with Gasteiger partial charge in [-0.2, -0.15) is 26.3 Å². The van der Waals surface area contributed by atoms with Crippen molar-refractivity contribution < 1.29 is 45.8 Å². The molecule has 0 unspecified atom stereocenters. The highest BCUT2D eigenvalue weighted by molar-refractivity contribution is 6.12. The molecule has 0 saturated carbocycles. The Labute approximate surface area is 207 Å². The second-order valence-electron chi connectivity index (χ2n) is 8.73. The molecular weight excluding hydrogens is 502 g/mol. The number of halogens is 6. The molecule has 0 saturated heterocycles. The number of benzene rings is 3. The minimum absolute atomic E-state index is 0.0327. The van der Waals surface area contributed by atoms with Crippen LogP contribution in [0.2, 0.25) is 0 Å². The second kappa shape index (κ2) is 9.91. The molecule has 0 spiro atoms. The number of rotatable bonds is 6. The van der Waals surface area contributed by atoms with Crippen molar-refractivity contribution in [2.75, 3.05) is 0 Å². The Hall–Kier alpha value is -3.82. The fourth-order valence-corrected chi connectivity index (χ4v) is 4.32. The number of alkyl halides is 6. The molecule has 1 N–H and O–H groups in total. The van der Waals surface area contributed by atoms with Gasteiger partial charge in [0.15, 0.2) is 5.78 Å². The number of hydrogen-bond acceptors (Lipinski definition) is 3. The van der Waals surface area contributed by atoms with Gasteiger partial charge in [-0.3, -0.25) is 9.59 Å². The summed E-state index contributed by atoms with van der Waals surface area (Å²) in [6.07, 6.45) is -8.52. The molecule has 194 valence electrons.